The first-order valence-electron chi connectivity index (χ1n) is 5.02. The zero-order valence-corrected chi connectivity index (χ0v) is 10.1. The van der Waals surface area contributed by atoms with Crippen LogP contribution in [0.25, 0.3) is 0 Å². The van der Waals surface area contributed by atoms with Gasteiger partial charge in [-0.3, -0.25) is 4.98 Å². The van der Waals surface area contributed by atoms with Gasteiger partial charge in [0.15, 0.2) is 5.01 Å². The van der Waals surface area contributed by atoms with Crippen LogP contribution < -0.4 is 0 Å². The minimum atomic E-state index is -4.48. The molecule has 1 unspecified atom stereocenters. The third-order valence-electron chi connectivity index (χ3n) is 2.34. The number of aliphatic hydroxyl groups is 1. The lowest BCUT2D eigenvalue weighted by molar-refractivity contribution is -0.137. The number of pyridine rings is 1. The van der Waals surface area contributed by atoms with Crippen molar-refractivity contribution in [2.24, 2.45) is 0 Å². The van der Waals surface area contributed by atoms with Gasteiger partial charge in [0.1, 0.15) is 6.10 Å². The molecule has 0 aliphatic carbocycles. The van der Waals surface area contributed by atoms with E-state index in [0.29, 0.717) is 22.6 Å². The van der Waals surface area contributed by atoms with Crippen LogP contribution in [0.3, 0.4) is 0 Å². The fourth-order valence-electron chi connectivity index (χ4n) is 1.46. The highest BCUT2D eigenvalue weighted by Crippen LogP contribution is 2.35. The van der Waals surface area contributed by atoms with E-state index in [-0.39, 0.29) is 4.88 Å². The van der Waals surface area contributed by atoms with E-state index in [2.05, 4.69) is 9.97 Å². The van der Waals surface area contributed by atoms with Crippen molar-refractivity contribution in [1.82, 2.24) is 9.97 Å². The molecule has 1 N–H and O–H groups in total. The number of aromatic nitrogens is 2. The number of halogens is 3. The summed E-state index contributed by atoms with van der Waals surface area (Å²) in [5.74, 6) is 0. The van der Waals surface area contributed by atoms with E-state index in [9.17, 15) is 18.3 Å². The number of rotatable bonds is 2. The Morgan fingerprint density at radius 3 is 2.61 bits per heavy atom. The molecule has 0 bridgehead atoms. The number of hydrogen-bond donors (Lipinski definition) is 1. The van der Waals surface area contributed by atoms with Crippen LogP contribution in [0.15, 0.2) is 24.5 Å². The molecule has 0 aromatic carbocycles. The summed E-state index contributed by atoms with van der Waals surface area (Å²) in [7, 11) is 0. The monoisotopic (exact) mass is 274 g/mol. The lowest BCUT2D eigenvalue weighted by Gasteiger charge is -2.09. The second-order valence-electron chi connectivity index (χ2n) is 3.67. The second-order valence-corrected chi connectivity index (χ2v) is 4.74. The van der Waals surface area contributed by atoms with Gasteiger partial charge in [0.05, 0.1) is 10.6 Å². The van der Waals surface area contributed by atoms with Gasteiger partial charge in [-0.15, -0.1) is 11.3 Å². The summed E-state index contributed by atoms with van der Waals surface area (Å²) in [4.78, 5) is 7.37. The van der Waals surface area contributed by atoms with E-state index in [1.165, 1.54) is 6.20 Å². The van der Waals surface area contributed by atoms with Crippen LogP contribution in [0, 0.1) is 6.92 Å². The molecule has 3 nitrogen and oxygen atoms in total. The standard InChI is InChI=1S/C11H9F3N2OS/c1-6-3-2-4-15-8(6)9(17)7-5-16-10(18-7)11(12,13)14/h2-5,9,17H,1H3. The quantitative estimate of drug-likeness (QED) is 0.915. The smallest absolute Gasteiger partial charge is 0.381 e. The van der Waals surface area contributed by atoms with Crippen LogP contribution in [-0.4, -0.2) is 15.1 Å². The van der Waals surface area contributed by atoms with Crippen LogP contribution in [0.4, 0.5) is 13.2 Å². The van der Waals surface area contributed by atoms with E-state index < -0.39 is 17.3 Å². The minimum Gasteiger partial charge on any atom is -0.381 e. The van der Waals surface area contributed by atoms with Crippen LogP contribution in [0.2, 0.25) is 0 Å². The highest BCUT2D eigenvalue weighted by molar-refractivity contribution is 7.11. The van der Waals surface area contributed by atoms with E-state index in [0.717, 1.165) is 6.20 Å². The van der Waals surface area contributed by atoms with E-state index in [1.807, 2.05) is 0 Å². The average molecular weight is 274 g/mol. The predicted molar refractivity (Wildman–Crippen MR) is 60.2 cm³/mol. The van der Waals surface area contributed by atoms with Crippen molar-refractivity contribution in [2.45, 2.75) is 19.2 Å². The van der Waals surface area contributed by atoms with E-state index >= 15 is 0 Å². The van der Waals surface area contributed by atoms with Gasteiger partial charge in [0.25, 0.3) is 0 Å². The van der Waals surface area contributed by atoms with Crippen molar-refractivity contribution in [3.05, 3.63) is 45.7 Å². The van der Waals surface area contributed by atoms with Crippen molar-refractivity contribution in [3.8, 4) is 0 Å². The molecule has 96 valence electrons. The Kier molecular flexibility index (Phi) is 3.36. The molecule has 0 aliphatic heterocycles. The first kappa shape index (κ1) is 13.0. The summed E-state index contributed by atoms with van der Waals surface area (Å²) in [6.07, 6.45) is -3.15. The largest absolute Gasteiger partial charge is 0.443 e. The Balaban J connectivity index is 2.33. The molecule has 2 aromatic heterocycles. The molecule has 0 aliphatic rings. The Morgan fingerprint density at radius 1 is 1.33 bits per heavy atom. The Bertz CT molecular complexity index is 553. The molecule has 0 saturated carbocycles. The molecule has 0 spiro atoms. The molecule has 18 heavy (non-hydrogen) atoms. The maximum atomic E-state index is 12.4. The molecule has 1 atom stereocenters. The van der Waals surface area contributed by atoms with Gasteiger partial charge in [-0.05, 0) is 18.6 Å². The number of aryl methyl sites for hydroxylation is 1. The zero-order chi connectivity index (χ0) is 13.3. The topological polar surface area (TPSA) is 46.0 Å². The van der Waals surface area contributed by atoms with Crippen molar-refractivity contribution < 1.29 is 18.3 Å². The molecule has 7 heteroatoms. The van der Waals surface area contributed by atoms with Gasteiger partial charge in [0, 0.05) is 12.4 Å². The number of thiazole rings is 1. The van der Waals surface area contributed by atoms with Gasteiger partial charge in [-0.25, -0.2) is 4.98 Å². The van der Waals surface area contributed by atoms with Gasteiger partial charge < -0.3 is 5.11 Å². The molecule has 0 radical (unpaired) electrons. The highest BCUT2D eigenvalue weighted by atomic mass is 32.1. The van der Waals surface area contributed by atoms with Crippen molar-refractivity contribution in [1.29, 1.82) is 0 Å². The van der Waals surface area contributed by atoms with E-state index in [4.69, 9.17) is 0 Å². The van der Waals surface area contributed by atoms with Gasteiger partial charge >= 0.3 is 6.18 Å². The third-order valence-corrected chi connectivity index (χ3v) is 3.44. The summed E-state index contributed by atoms with van der Waals surface area (Å²) in [5.41, 5.74) is 1.06. The summed E-state index contributed by atoms with van der Waals surface area (Å²) in [6, 6.07) is 3.43. The fraction of sp³-hybridized carbons (Fsp3) is 0.273. The molecule has 0 amide bonds. The zero-order valence-electron chi connectivity index (χ0n) is 9.27. The predicted octanol–water partition coefficient (Wildman–Crippen LogP) is 2.95. The SMILES string of the molecule is Cc1cccnc1C(O)c1cnc(C(F)(F)F)s1. The van der Waals surface area contributed by atoms with Crippen molar-refractivity contribution in [3.63, 3.8) is 0 Å². The van der Waals surface area contributed by atoms with Gasteiger partial charge in [-0.1, -0.05) is 6.07 Å². The lowest BCUT2D eigenvalue weighted by atomic mass is 10.1. The van der Waals surface area contributed by atoms with Crippen molar-refractivity contribution >= 4 is 11.3 Å². The molecule has 2 heterocycles. The van der Waals surface area contributed by atoms with Gasteiger partial charge in [-0.2, -0.15) is 13.2 Å². The fourth-order valence-corrected chi connectivity index (χ4v) is 2.24. The highest BCUT2D eigenvalue weighted by Gasteiger charge is 2.35. The number of hydrogen-bond acceptors (Lipinski definition) is 4. The number of nitrogens with zero attached hydrogens (tertiary/aromatic N) is 2. The first-order chi connectivity index (χ1) is 8.39. The van der Waals surface area contributed by atoms with Crippen LogP contribution in [0.5, 0.6) is 0 Å². The molecule has 0 saturated heterocycles. The summed E-state index contributed by atoms with van der Waals surface area (Å²) in [6.45, 7) is 1.73. The molecule has 2 rings (SSSR count). The Labute approximate surface area is 105 Å². The average Bonchev–Trinajstić information content (AvgIpc) is 2.77. The number of aliphatic hydroxyl groups excluding tert-OH is 1. The second kappa shape index (κ2) is 4.66. The first-order valence-corrected chi connectivity index (χ1v) is 5.83. The Morgan fingerprint density at radius 2 is 2.06 bits per heavy atom. The summed E-state index contributed by atoms with van der Waals surface area (Å²) >= 11 is 0.425. The van der Waals surface area contributed by atoms with E-state index in [1.54, 1.807) is 19.1 Å². The maximum absolute atomic E-state index is 12.4. The number of alkyl halides is 3. The minimum absolute atomic E-state index is 0.129. The van der Waals surface area contributed by atoms with Crippen LogP contribution >= 0.6 is 11.3 Å². The summed E-state index contributed by atoms with van der Waals surface area (Å²) in [5, 5.41) is 9.02. The normalized spacial score (nSPS) is 13.6. The Hall–Kier alpha value is -1.47. The molecule has 2 aromatic rings. The summed E-state index contributed by atoms with van der Waals surface area (Å²) < 4.78 is 37.2. The molecule has 0 fully saturated rings. The lowest BCUT2D eigenvalue weighted by Crippen LogP contribution is -2.03. The third kappa shape index (κ3) is 2.51. The van der Waals surface area contributed by atoms with Crippen LogP contribution in [0.1, 0.15) is 27.2 Å². The van der Waals surface area contributed by atoms with Crippen LogP contribution in [-0.2, 0) is 6.18 Å². The van der Waals surface area contributed by atoms with Gasteiger partial charge in [0.2, 0.25) is 0 Å². The van der Waals surface area contributed by atoms with Crippen molar-refractivity contribution in [2.75, 3.05) is 0 Å². The molecular formula is C11H9F3N2OS. The molecular weight excluding hydrogens is 265 g/mol. The maximum Gasteiger partial charge on any atom is 0.443 e.